The van der Waals surface area contributed by atoms with Gasteiger partial charge in [0.25, 0.3) is 0 Å². The number of halogens is 1. The van der Waals surface area contributed by atoms with Gasteiger partial charge >= 0.3 is 5.97 Å². The van der Waals surface area contributed by atoms with Crippen molar-refractivity contribution < 1.29 is 14.3 Å². The first-order valence-electron chi connectivity index (χ1n) is 5.76. The van der Waals surface area contributed by atoms with Crippen molar-refractivity contribution in [3.63, 3.8) is 0 Å². The molecule has 0 heterocycles. The standard InChI is InChI=1S/C13H16ClNO3/c1-3-8-18-13(17)10-4-6-11(7-5-10)15-12(16)9(2)14/h4-7,9H,3,8H2,1-2H3,(H,15,16). The number of anilines is 1. The van der Waals surface area contributed by atoms with Crippen LogP contribution in [0.3, 0.4) is 0 Å². The van der Waals surface area contributed by atoms with Gasteiger partial charge in [-0.2, -0.15) is 0 Å². The number of amides is 1. The van der Waals surface area contributed by atoms with Gasteiger partial charge in [-0.05, 0) is 37.6 Å². The summed E-state index contributed by atoms with van der Waals surface area (Å²) in [6, 6.07) is 6.48. The first-order valence-corrected chi connectivity index (χ1v) is 6.20. The number of ether oxygens (including phenoxy) is 1. The minimum absolute atomic E-state index is 0.280. The lowest BCUT2D eigenvalue weighted by Gasteiger charge is -2.07. The highest BCUT2D eigenvalue weighted by Gasteiger charge is 2.10. The van der Waals surface area contributed by atoms with Crippen LogP contribution in [0.5, 0.6) is 0 Å². The van der Waals surface area contributed by atoms with Crippen molar-refractivity contribution in [2.24, 2.45) is 0 Å². The van der Waals surface area contributed by atoms with E-state index in [0.29, 0.717) is 17.9 Å². The summed E-state index contributed by atoms with van der Waals surface area (Å²) in [6.07, 6.45) is 0.785. The van der Waals surface area contributed by atoms with Gasteiger partial charge in [0, 0.05) is 5.69 Å². The molecule has 0 saturated carbocycles. The van der Waals surface area contributed by atoms with Gasteiger partial charge in [-0.3, -0.25) is 4.79 Å². The fourth-order valence-corrected chi connectivity index (χ4v) is 1.26. The zero-order chi connectivity index (χ0) is 13.5. The molecule has 0 radical (unpaired) electrons. The van der Waals surface area contributed by atoms with Crippen molar-refractivity contribution in [1.29, 1.82) is 0 Å². The summed E-state index contributed by atoms with van der Waals surface area (Å²) in [5.41, 5.74) is 1.06. The molecule has 0 aromatic heterocycles. The maximum atomic E-state index is 11.5. The summed E-state index contributed by atoms with van der Waals surface area (Å²) in [5, 5.41) is 2.03. The Kier molecular flexibility index (Phi) is 5.65. The number of hydrogen-bond acceptors (Lipinski definition) is 3. The highest BCUT2D eigenvalue weighted by molar-refractivity contribution is 6.32. The summed E-state index contributed by atoms with van der Waals surface area (Å²) in [6.45, 7) is 3.92. The molecular weight excluding hydrogens is 254 g/mol. The molecular formula is C13H16ClNO3. The molecule has 1 unspecified atom stereocenters. The number of benzene rings is 1. The van der Waals surface area contributed by atoms with E-state index < -0.39 is 5.38 Å². The van der Waals surface area contributed by atoms with E-state index in [1.165, 1.54) is 0 Å². The third kappa shape index (κ3) is 4.37. The molecule has 0 saturated heterocycles. The number of carbonyl (C=O) groups excluding carboxylic acids is 2. The van der Waals surface area contributed by atoms with Crippen LogP contribution in [0.4, 0.5) is 5.69 Å². The van der Waals surface area contributed by atoms with Crippen molar-refractivity contribution in [2.45, 2.75) is 25.6 Å². The second kappa shape index (κ2) is 7.01. The van der Waals surface area contributed by atoms with E-state index in [2.05, 4.69) is 5.32 Å². The number of hydrogen-bond donors (Lipinski definition) is 1. The summed E-state index contributed by atoms with van der Waals surface area (Å²) >= 11 is 5.63. The third-order valence-corrected chi connectivity index (χ3v) is 2.38. The number of nitrogens with one attached hydrogen (secondary N) is 1. The lowest BCUT2D eigenvalue weighted by atomic mass is 10.2. The van der Waals surface area contributed by atoms with Crippen LogP contribution in [0.25, 0.3) is 0 Å². The second-order valence-corrected chi connectivity index (χ2v) is 4.47. The molecule has 1 atom stereocenters. The molecule has 4 nitrogen and oxygen atoms in total. The first kappa shape index (κ1) is 14.5. The molecule has 1 aromatic rings. The number of rotatable bonds is 5. The SMILES string of the molecule is CCCOC(=O)c1ccc(NC(=O)C(C)Cl)cc1. The Labute approximate surface area is 111 Å². The minimum atomic E-state index is -0.598. The molecule has 1 N–H and O–H groups in total. The Hall–Kier alpha value is -1.55. The summed E-state index contributed by atoms with van der Waals surface area (Å²) in [5.74, 6) is -0.640. The average molecular weight is 270 g/mol. The third-order valence-electron chi connectivity index (χ3n) is 2.19. The van der Waals surface area contributed by atoms with E-state index >= 15 is 0 Å². The van der Waals surface area contributed by atoms with E-state index in [-0.39, 0.29) is 11.9 Å². The molecule has 1 aromatic carbocycles. The normalized spacial score (nSPS) is 11.7. The van der Waals surface area contributed by atoms with E-state index in [4.69, 9.17) is 16.3 Å². The van der Waals surface area contributed by atoms with Crippen LogP contribution < -0.4 is 5.32 Å². The van der Waals surface area contributed by atoms with Gasteiger partial charge in [0.1, 0.15) is 5.38 Å². The number of esters is 1. The van der Waals surface area contributed by atoms with Gasteiger partial charge in [0.2, 0.25) is 5.91 Å². The fraction of sp³-hybridized carbons (Fsp3) is 0.385. The average Bonchev–Trinajstić information content (AvgIpc) is 2.36. The molecule has 0 aliphatic heterocycles. The van der Waals surface area contributed by atoms with E-state index in [1.807, 2.05) is 6.92 Å². The Balaban J connectivity index is 2.62. The van der Waals surface area contributed by atoms with Crippen LogP contribution in [-0.2, 0) is 9.53 Å². The highest BCUT2D eigenvalue weighted by Crippen LogP contribution is 2.11. The van der Waals surface area contributed by atoms with Crippen LogP contribution in [0.1, 0.15) is 30.6 Å². The van der Waals surface area contributed by atoms with Gasteiger partial charge in [-0.1, -0.05) is 6.92 Å². The molecule has 18 heavy (non-hydrogen) atoms. The molecule has 0 spiro atoms. The second-order valence-electron chi connectivity index (χ2n) is 3.82. The largest absolute Gasteiger partial charge is 0.462 e. The Bertz CT molecular complexity index is 415. The zero-order valence-electron chi connectivity index (χ0n) is 10.4. The van der Waals surface area contributed by atoms with Crippen LogP contribution in [0.2, 0.25) is 0 Å². The smallest absolute Gasteiger partial charge is 0.338 e. The molecule has 1 rings (SSSR count). The number of carbonyl (C=O) groups is 2. The molecule has 0 aliphatic rings. The van der Waals surface area contributed by atoms with Gasteiger partial charge in [-0.15, -0.1) is 11.6 Å². The maximum absolute atomic E-state index is 11.5. The predicted molar refractivity (Wildman–Crippen MR) is 71.0 cm³/mol. The lowest BCUT2D eigenvalue weighted by molar-refractivity contribution is -0.115. The maximum Gasteiger partial charge on any atom is 0.338 e. The topological polar surface area (TPSA) is 55.4 Å². The minimum Gasteiger partial charge on any atom is -0.462 e. The Morgan fingerprint density at radius 2 is 1.94 bits per heavy atom. The first-order chi connectivity index (χ1) is 8.54. The van der Waals surface area contributed by atoms with E-state index in [0.717, 1.165) is 6.42 Å². The zero-order valence-corrected chi connectivity index (χ0v) is 11.2. The summed E-state index contributed by atoms with van der Waals surface area (Å²) in [7, 11) is 0. The Morgan fingerprint density at radius 3 is 2.44 bits per heavy atom. The van der Waals surface area contributed by atoms with Crippen LogP contribution in [-0.4, -0.2) is 23.9 Å². The molecule has 0 bridgehead atoms. The van der Waals surface area contributed by atoms with Gasteiger partial charge in [0.15, 0.2) is 0 Å². The fourth-order valence-electron chi connectivity index (χ4n) is 1.21. The van der Waals surface area contributed by atoms with E-state index in [9.17, 15) is 9.59 Å². The number of alkyl halides is 1. The lowest BCUT2D eigenvalue weighted by Crippen LogP contribution is -2.20. The van der Waals surface area contributed by atoms with Crippen molar-refractivity contribution >= 4 is 29.2 Å². The molecule has 1 amide bonds. The van der Waals surface area contributed by atoms with Crippen molar-refractivity contribution in [1.82, 2.24) is 0 Å². The molecule has 0 fully saturated rings. The Morgan fingerprint density at radius 1 is 1.33 bits per heavy atom. The monoisotopic (exact) mass is 269 g/mol. The molecule has 98 valence electrons. The van der Waals surface area contributed by atoms with Crippen molar-refractivity contribution in [3.8, 4) is 0 Å². The van der Waals surface area contributed by atoms with Gasteiger partial charge in [0.05, 0.1) is 12.2 Å². The van der Waals surface area contributed by atoms with Crippen LogP contribution in [0, 0.1) is 0 Å². The van der Waals surface area contributed by atoms with Crippen molar-refractivity contribution in [2.75, 3.05) is 11.9 Å². The quantitative estimate of drug-likeness (QED) is 0.661. The molecule has 0 aliphatic carbocycles. The molecule has 5 heteroatoms. The summed E-state index contributed by atoms with van der Waals surface area (Å²) in [4.78, 5) is 22.9. The van der Waals surface area contributed by atoms with Gasteiger partial charge in [-0.25, -0.2) is 4.79 Å². The van der Waals surface area contributed by atoms with Gasteiger partial charge < -0.3 is 10.1 Å². The van der Waals surface area contributed by atoms with E-state index in [1.54, 1.807) is 31.2 Å². The predicted octanol–water partition coefficient (Wildman–Crippen LogP) is 2.82. The van der Waals surface area contributed by atoms with Crippen LogP contribution in [0.15, 0.2) is 24.3 Å². The highest BCUT2D eigenvalue weighted by atomic mass is 35.5. The van der Waals surface area contributed by atoms with Crippen LogP contribution >= 0.6 is 11.6 Å². The van der Waals surface area contributed by atoms with Crippen molar-refractivity contribution in [3.05, 3.63) is 29.8 Å². The summed E-state index contributed by atoms with van der Waals surface area (Å²) < 4.78 is 4.99.